The van der Waals surface area contributed by atoms with Gasteiger partial charge >= 0.3 is 0 Å². The molecule has 0 unspecified atom stereocenters. The summed E-state index contributed by atoms with van der Waals surface area (Å²) in [5.74, 6) is 0.361. The maximum absolute atomic E-state index is 10.1. The zero-order valence-corrected chi connectivity index (χ0v) is 7.83. The molecule has 0 bridgehead atoms. The van der Waals surface area contributed by atoms with E-state index in [1.165, 1.54) is 0 Å². The number of hydrogen-bond donors (Lipinski definition) is 0. The van der Waals surface area contributed by atoms with Crippen LogP contribution >= 0.6 is 11.6 Å². The number of halogens is 1. The van der Waals surface area contributed by atoms with Gasteiger partial charge in [0.25, 0.3) is 10.1 Å². The highest BCUT2D eigenvalue weighted by molar-refractivity contribution is 7.85. The van der Waals surface area contributed by atoms with E-state index in [1.54, 1.807) is 0 Å². The van der Waals surface area contributed by atoms with Gasteiger partial charge < -0.3 is 0 Å². The van der Waals surface area contributed by atoms with Crippen LogP contribution < -0.4 is 0 Å². The molecule has 1 radical (unpaired) electrons. The second kappa shape index (κ2) is 5.80. The molecule has 0 aromatic heterocycles. The van der Waals surface area contributed by atoms with Crippen LogP contribution in [0.15, 0.2) is 0 Å². The smallest absolute Gasteiger partial charge is 0.197 e. The summed E-state index contributed by atoms with van der Waals surface area (Å²) in [7, 11) is -3.99. The van der Waals surface area contributed by atoms with Crippen LogP contribution in [0.2, 0.25) is 0 Å². The Morgan fingerprint density at radius 1 is 1.00 bits per heavy atom. The third kappa shape index (κ3) is 10.2. The Morgan fingerprint density at radius 3 is 2.00 bits per heavy atom. The predicted octanol–water partition coefficient (Wildman–Crippen LogP) is 1.55. The fraction of sp³-hybridized carbons (Fsp3) is 1.00. The Kier molecular flexibility index (Phi) is 5.91. The van der Waals surface area contributed by atoms with Crippen LogP contribution in [0.25, 0.3) is 0 Å². The lowest BCUT2D eigenvalue weighted by molar-refractivity contribution is 0.412. The van der Waals surface area contributed by atoms with Gasteiger partial charge in [-0.25, -0.2) is 0 Å². The van der Waals surface area contributed by atoms with E-state index in [2.05, 4.69) is 0 Å². The Hall–Kier alpha value is 0.200. The molecule has 0 atom stereocenters. The summed E-state index contributed by atoms with van der Waals surface area (Å²) in [5, 5.41) is 0. The Bertz CT molecular complexity index is 176. The first-order chi connectivity index (χ1) is 5.06. The van der Waals surface area contributed by atoms with E-state index < -0.39 is 10.1 Å². The molecule has 0 saturated carbocycles. The van der Waals surface area contributed by atoms with E-state index in [9.17, 15) is 13.0 Å². The van der Waals surface area contributed by atoms with Gasteiger partial charge in [-0.15, -0.1) is 11.6 Å². The van der Waals surface area contributed by atoms with Crippen LogP contribution in [-0.2, 0) is 14.7 Å². The van der Waals surface area contributed by atoms with Gasteiger partial charge in [-0.05, 0) is 12.8 Å². The molecule has 0 rings (SSSR count). The lowest BCUT2D eigenvalue weighted by atomic mass is 10.2. The van der Waals surface area contributed by atoms with Crippen LogP contribution in [0.1, 0.15) is 25.7 Å². The molecule has 0 aliphatic heterocycles. The van der Waals surface area contributed by atoms with Crippen molar-refractivity contribution in [2.24, 2.45) is 0 Å². The van der Waals surface area contributed by atoms with Crippen molar-refractivity contribution in [1.29, 1.82) is 0 Å². The van der Waals surface area contributed by atoms with Gasteiger partial charge in [0.15, 0.2) is 0 Å². The Morgan fingerprint density at radius 2 is 1.55 bits per heavy atom. The summed E-state index contributed by atoms with van der Waals surface area (Å²) in [4.78, 5) is 0. The maximum atomic E-state index is 10.1. The second-order valence-corrected chi connectivity index (χ2v) is 4.27. The highest BCUT2D eigenvalue weighted by atomic mass is 35.5. The van der Waals surface area contributed by atoms with Crippen molar-refractivity contribution >= 4 is 21.7 Å². The fourth-order valence-electron chi connectivity index (χ4n) is 0.727. The van der Waals surface area contributed by atoms with Gasteiger partial charge in [0.2, 0.25) is 0 Å². The van der Waals surface area contributed by atoms with Gasteiger partial charge in [-0.3, -0.25) is 0 Å². The molecule has 67 valence electrons. The summed E-state index contributed by atoms with van der Waals surface area (Å²) in [6.07, 6.45) is 3.02. The summed E-state index contributed by atoms with van der Waals surface area (Å²) >= 11 is 5.39. The molecular formula is C6H12ClO3S. The lowest BCUT2D eigenvalue weighted by Crippen LogP contribution is -2.01. The highest BCUT2D eigenvalue weighted by Gasteiger charge is 2.04. The van der Waals surface area contributed by atoms with Crippen LogP contribution in [0, 0.1) is 0 Å². The van der Waals surface area contributed by atoms with Crippen molar-refractivity contribution in [3.8, 4) is 0 Å². The maximum Gasteiger partial charge on any atom is 0.294 e. The van der Waals surface area contributed by atoms with Crippen LogP contribution in [0.3, 0.4) is 0 Å². The molecule has 0 aromatic carbocycles. The van der Waals surface area contributed by atoms with Crippen molar-refractivity contribution in [2.75, 3.05) is 11.6 Å². The van der Waals surface area contributed by atoms with Crippen molar-refractivity contribution in [3.63, 3.8) is 0 Å². The first-order valence-corrected chi connectivity index (χ1v) is 5.67. The largest absolute Gasteiger partial charge is 0.294 e. The van der Waals surface area contributed by atoms with Gasteiger partial charge in [-0.2, -0.15) is 8.42 Å². The first kappa shape index (κ1) is 11.2. The summed E-state index contributed by atoms with van der Waals surface area (Å²) in [6.45, 7) is 0. The van der Waals surface area contributed by atoms with E-state index in [0.717, 1.165) is 19.3 Å². The molecule has 0 aliphatic carbocycles. The van der Waals surface area contributed by atoms with Gasteiger partial charge in [0.1, 0.15) is 0 Å². The van der Waals surface area contributed by atoms with Crippen molar-refractivity contribution < 1.29 is 13.0 Å². The van der Waals surface area contributed by atoms with E-state index in [4.69, 9.17) is 11.6 Å². The number of unbranched alkanes of at least 4 members (excludes halogenated alkanes) is 3. The summed E-state index contributed by atoms with van der Waals surface area (Å²) in [6, 6.07) is 0. The van der Waals surface area contributed by atoms with Crippen molar-refractivity contribution in [1.82, 2.24) is 0 Å². The average Bonchev–Trinajstić information content (AvgIpc) is 1.85. The summed E-state index contributed by atoms with van der Waals surface area (Å²) < 4.78 is 30.2. The molecule has 0 saturated heterocycles. The average molecular weight is 200 g/mol. The number of rotatable bonds is 6. The SMILES string of the molecule is [O]S(=O)(=O)CCCCCCCl. The Balaban J connectivity index is 3.16. The minimum atomic E-state index is -3.99. The molecule has 0 amide bonds. The fourth-order valence-corrected chi connectivity index (χ4v) is 1.47. The van der Waals surface area contributed by atoms with E-state index in [0.29, 0.717) is 12.3 Å². The molecule has 11 heavy (non-hydrogen) atoms. The zero-order chi connectivity index (χ0) is 8.74. The monoisotopic (exact) mass is 199 g/mol. The first-order valence-electron chi connectivity index (χ1n) is 3.56. The van der Waals surface area contributed by atoms with E-state index in [1.807, 2.05) is 0 Å². The topological polar surface area (TPSA) is 54.0 Å². The molecule has 3 nitrogen and oxygen atoms in total. The molecular weight excluding hydrogens is 188 g/mol. The quantitative estimate of drug-likeness (QED) is 0.482. The standard InChI is InChI=1S/C6H12ClO3S/c7-5-3-1-2-4-6-11(8,9)10/h1-6H2. The van der Waals surface area contributed by atoms with Gasteiger partial charge in [-0.1, -0.05) is 17.4 Å². The Labute approximate surface area is 72.5 Å². The third-order valence-electron chi connectivity index (χ3n) is 1.28. The molecule has 0 heterocycles. The normalized spacial score (nSPS) is 11.8. The lowest BCUT2D eigenvalue weighted by Gasteiger charge is -1.95. The predicted molar refractivity (Wildman–Crippen MR) is 43.7 cm³/mol. The van der Waals surface area contributed by atoms with Crippen molar-refractivity contribution in [3.05, 3.63) is 0 Å². The minimum Gasteiger partial charge on any atom is -0.197 e. The molecule has 0 aromatic rings. The van der Waals surface area contributed by atoms with E-state index >= 15 is 0 Å². The van der Waals surface area contributed by atoms with Crippen LogP contribution in [0.4, 0.5) is 0 Å². The van der Waals surface area contributed by atoms with Crippen molar-refractivity contribution in [2.45, 2.75) is 25.7 Å². The van der Waals surface area contributed by atoms with E-state index in [-0.39, 0.29) is 5.75 Å². The third-order valence-corrected chi connectivity index (χ3v) is 2.33. The molecule has 0 spiro atoms. The highest BCUT2D eigenvalue weighted by Crippen LogP contribution is 2.02. The summed E-state index contributed by atoms with van der Waals surface area (Å²) in [5.41, 5.74) is 0. The molecule has 0 N–H and O–H groups in total. The number of alkyl halides is 1. The second-order valence-electron chi connectivity index (χ2n) is 2.36. The van der Waals surface area contributed by atoms with Gasteiger partial charge in [0, 0.05) is 5.88 Å². The molecule has 5 heteroatoms. The molecule has 0 aliphatic rings. The number of hydrogen-bond acceptors (Lipinski definition) is 2. The van der Waals surface area contributed by atoms with Crippen LogP contribution in [0.5, 0.6) is 0 Å². The zero-order valence-electron chi connectivity index (χ0n) is 6.25. The van der Waals surface area contributed by atoms with Crippen LogP contribution in [-0.4, -0.2) is 20.1 Å². The minimum absolute atomic E-state index is 0.241. The molecule has 0 fully saturated rings. The van der Waals surface area contributed by atoms with Gasteiger partial charge in [0.05, 0.1) is 5.75 Å².